The molecule has 5 heteroatoms. The Hall–Kier alpha value is -2.01. The number of nitrogens with one attached hydrogen (secondary N) is 1. The van der Waals surface area contributed by atoms with Gasteiger partial charge in [-0.2, -0.15) is 0 Å². The van der Waals surface area contributed by atoms with E-state index in [2.05, 4.69) is 4.98 Å². The van der Waals surface area contributed by atoms with Gasteiger partial charge in [-0.3, -0.25) is 4.79 Å². The molecule has 0 amide bonds. The average molecular weight is 277 g/mol. The summed E-state index contributed by atoms with van der Waals surface area (Å²) in [5, 5.41) is 0. The molecule has 3 rings (SSSR count). The van der Waals surface area contributed by atoms with Crippen molar-refractivity contribution in [2.24, 2.45) is 0 Å². The lowest BCUT2D eigenvalue weighted by Crippen LogP contribution is -2.29. The Kier molecular flexibility index (Phi) is 3.14. The third kappa shape index (κ3) is 2.04. The van der Waals surface area contributed by atoms with Crippen LogP contribution in [0.1, 0.15) is 24.0 Å². The molecule has 1 atom stereocenters. The van der Waals surface area contributed by atoms with Crippen molar-refractivity contribution in [1.82, 2.24) is 4.98 Å². The Balaban J connectivity index is 2.20. The van der Waals surface area contributed by atoms with Crippen LogP contribution in [-0.2, 0) is 10.3 Å². The monoisotopic (exact) mass is 277 g/mol. The van der Waals surface area contributed by atoms with E-state index in [1.165, 1.54) is 24.4 Å². The molecule has 1 unspecified atom stereocenters. The summed E-state index contributed by atoms with van der Waals surface area (Å²) in [6, 6.07) is 6.52. The van der Waals surface area contributed by atoms with Crippen molar-refractivity contribution in [3.8, 4) is 0 Å². The van der Waals surface area contributed by atoms with Gasteiger partial charge in [-0.05, 0) is 36.6 Å². The molecule has 1 fully saturated rings. The Morgan fingerprint density at radius 1 is 1.20 bits per heavy atom. The van der Waals surface area contributed by atoms with Crippen LogP contribution >= 0.6 is 0 Å². The Labute approximate surface area is 114 Å². The van der Waals surface area contributed by atoms with Gasteiger partial charge in [0.05, 0.1) is 0 Å². The summed E-state index contributed by atoms with van der Waals surface area (Å²) in [5.74, 6) is -1.29. The zero-order valence-corrected chi connectivity index (χ0v) is 10.7. The van der Waals surface area contributed by atoms with Crippen LogP contribution in [0, 0.1) is 11.6 Å². The average Bonchev–Trinajstić information content (AvgIpc) is 2.89. The molecule has 0 saturated carbocycles. The predicted molar refractivity (Wildman–Crippen MR) is 69.4 cm³/mol. The summed E-state index contributed by atoms with van der Waals surface area (Å²) in [4.78, 5) is 14.0. The summed E-state index contributed by atoms with van der Waals surface area (Å²) in [6.07, 6.45) is 2.81. The van der Waals surface area contributed by atoms with Gasteiger partial charge >= 0.3 is 0 Å². The summed E-state index contributed by atoms with van der Waals surface area (Å²) in [7, 11) is 0. The first kappa shape index (κ1) is 13.0. The van der Waals surface area contributed by atoms with E-state index in [4.69, 9.17) is 4.74 Å². The highest BCUT2D eigenvalue weighted by Gasteiger charge is 2.41. The maximum absolute atomic E-state index is 14.1. The molecule has 1 aliphatic rings. The van der Waals surface area contributed by atoms with Crippen molar-refractivity contribution >= 4 is 0 Å². The molecule has 2 aromatic rings. The van der Waals surface area contributed by atoms with E-state index in [0.717, 1.165) is 12.5 Å². The minimum Gasteiger partial charge on any atom is -0.365 e. The molecule has 104 valence electrons. The van der Waals surface area contributed by atoms with Crippen molar-refractivity contribution in [1.29, 1.82) is 0 Å². The van der Waals surface area contributed by atoms with Gasteiger partial charge < -0.3 is 9.72 Å². The fourth-order valence-corrected chi connectivity index (χ4v) is 2.75. The topological polar surface area (TPSA) is 42.1 Å². The van der Waals surface area contributed by atoms with E-state index in [-0.39, 0.29) is 11.1 Å². The highest BCUT2D eigenvalue weighted by molar-refractivity contribution is 5.37. The van der Waals surface area contributed by atoms with Crippen LogP contribution in [0.15, 0.2) is 41.3 Å². The molecule has 0 bridgehead atoms. The van der Waals surface area contributed by atoms with Crippen molar-refractivity contribution in [2.45, 2.75) is 18.4 Å². The molecule has 1 aromatic carbocycles. The Morgan fingerprint density at radius 2 is 2.05 bits per heavy atom. The van der Waals surface area contributed by atoms with E-state index in [1.54, 1.807) is 6.07 Å². The maximum Gasteiger partial charge on any atom is 0.248 e. The van der Waals surface area contributed by atoms with E-state index >= 15 is 0 Å². The van der Waals surface area contributed by atoms with Gasteiger partial charge in [-0.25, -0.2) is 8.78 Å². The lowest BCUT2D eigenvalue weighted by atomic mass is 9.84. The van der Waals surface area contributed by atoms with Crippen molar-refractivity contribution in [3.05, 3.63) is 69.6 Å². The first-order chi connectivity index (χ1) is 9.62. The van der Waals surface area contributed by atoms with E-state index < -0.39 is 17.2 Å². The number of benzene rings is 1. The van der Waals surface area contributed by atoms with Crippen LogP contribution in [0.5, 0.6) is 0 Å². The number of hydrogen-bond donors (Lipinski definition) is 1. The summed E-state index contributed by atoms with van der Waals surface area (Å²) >= 11 is 0. The van der Waals surface area contributed by atoms with Gasteiger partial charge in [-0.1, -0.05) is 0 Å². The molecule has 0 aliphatic carbocycles. The molecular weight excluding hydrogens is 264 g/mol. The minimum atomic E-state index is -1.01. The second-order valence-electron chi connectivity index (χ2n) is 4.84. The zero-order valence-electron chi connectivity index (χ0n) is 10.7. The smallest absolute Gasteiger partial charge is 0.248 e. The Bertz CT molecular complexity index is 690. The largest absolute Gasteiger partial charge is 0.365 e. The quantitative estimate of drug-likeness (QED) is 0.917. The van der Waals surface area contributed by atoms with Gasteiger partial charge in [0, 0.05) is 30.5 Å². The fourth-order valence-electron chi connectivity index (χ4n) is 2.75. The number of rotatable bonds is 2. The SMILES string of the molecule is O=c1cc(C2(c3ccc(F)cc3F)CCCO2)cc[nH]1. The van der Waals surface area contributed by atoms with Crippen LogP contribution in [0.4, 0.5) is 8.78 Å². The third-order valence-electron chi connectivity index (χ3n) is 3.63. The number of halogens is 2. The first-order valence-corrected chi connectivity index (χ1v) is 6.40. The molecule has 0 radical (unpaired) electrons. The Morgan fingerprint density at radius 3 is 2.70 bits per heavy atom. The fraction of sp³-hybridized carbons (Fsp3) is 0.267. The second kappa shape index (κ2) is 4.83. The van der Waals surface area contributed by atoms with Crippen molar-refractivity contribution in [2.75, 3.05) is 6.61 Å². The van der Waals surface area contributed by atoms with Crippen LogP contribution in [0.25, 0.3) is 0 Å². The number of pyridine rings is 1. The van der Waals surface area contributed by atoms with Crippen LogP contribution in [-0.4, -0.2) is 11.6 Å². The summed E-state index contributed by atoms with van der Waals surface area (Å²) < 4.78 is 33.0. The summed E-state index contributed by atoms with van der Waals surface area (Å²) in [5.41, 5.74) is -0.433. The van der Waals surface area contributed by atoms with E-state index in [9.17, 15) is 13.6 Å². The standard InChI is InChI=1S/C15H13F2NO2/c16-11-2-3-12(13(17)9-11)15(5-1-7-20-15)10-4-6-18-14(19)8-10/h2-4,6,8-9H,1,5,7H2,(H,18,19). The van der Waals surface area contributed by atoms with Crippen molar-refractivity contribution in [3.63, 3.8) is 0 Å². The van der Waals surface area contributed by atoms with E-state index in [1.807, 2.05) is 0 Å². The number of hydrogen-bond acceptors (Lipinski definition) is 2. The predicted octanol–water partition coefficient (Wildman–Crippen LogP) is 2.71. The van der Waals surface area contributed by atoms with E-state index in [0.29, 0.717) is 18.6 Å². The number of H-pyrrole nitrogens is 1. The molecule has 1 saturated heterocycles. The molecule has 0 spiro atoms. The maximum atomic E-state index is 14.1. The van der Waals surface area contributed by atoms with Crippen LogP contribution < -0.4 is 5.56 Å². The molecular formula is C15H13F2NO2. The zero-order chi connectivity index (χ0) is 14.2. The molecule has 1 aromatic heterocycles. The van der Waals surface area contributed by atoms with Gasteiger partial charge in [0.15, 0.2) is 0 Å². The molecule has 1 N–H and O–H groups in total. The van der Waals surface area contributed by atoms with Crippen molar-refractivity contribution < 1.29 is 13.5 Å². The van der Waals surface area contributed by atoms with Gasteiger partial charge in [0.1, 0.15) is 17.2 Å². The van der Waals surface area contributed by atoms with Gasteiger partial charge in [0.25, 0.3) is 0 Å². The van der Waals surface area contributed by atoms with Crippen LogP contribution in [0.3, 0.4) is 0 Å². The molecule has 2 heterocycles. The lowest BCUT2D eigenvalue weighted by Gasteiger charge is -2.29. The lowest BCUT2D eigenvalue weighted by molar-refractivity contribution is 0.0328. The highest BCUT2D eigenvalue weighted by atomic mass is 19.1. The van der Waals surface area contributed by atoms with Gasteiger partial charge in [-0.15, -0.1) is 0 Å². The minimum absolute atomic E-state index is 0.266. The van der Waals surface area contributed by atoms with Crippen LogP contribution in [0.2, 0.25) is 0 Å². The summed E-state index contributed by atoms with van der Waals surface area (Å²) in [6.45, 7) is 0.476. The van der Waals surface area contributed by atoms with Gasteiger partial charge in [0.2, 0.25) is 5.56 Å². The first-order valence-electron chi connectivity index (χ1n) is 6.40. The number of aromatic nitrogens is 1. The normalized spacial score (nSPS) is 22.1. The number of ether oxygens (including phenoxy) is 1. The highest BCUT2D eigenvalue weighted by Crippen LogP contribution is 2.42. The second-order valence-corrected chi connectivity index (χ2v) is 4.84. The molecule has 20 heavy (non-hydrogen) atoms. The number of aromatic amines is 1. The molecule has 3 nitrogen and oxygen atoms in total. The third-order valence-corrected chi connectivity index (χ3v) is 3.63. The molecule has 1 aliphatic heterocycles.